The minimum atomic E-state index is 0.179. The zero-order valence-electron chi connectivity index (χ0n) is 14.9. The first-order valence-electron chi connectivity index (χ1n) is 8.43. The van der Waals surface area contributed by atoms with E-state index in [0.29, 0.717) is 5.92 Å². The molecule has 0 amide bonds. The van der Waals surface area contributed by atoms with Crippen molar-refractivity contribution in [3.63, 3.8) is 0 Å². The molecule has 0 N–H and O–H groups in total. The van der Waals surface area contributed by atoms with Crippen LogP contribution in [0, 0.1) is 5.41 Å². The Morgan fingerprint density at radius 2 is 1.48 bits per heavy atom. The Kier molecular flexibility index (Phi) is 4.02. The molecular formula is C23H26. The highest BCUT2D eigenvalue weighted by molar-refractivity contribution is 6.03. The Morgan fingerprint density at radius 3 is 2.09 bits per heavy atom. The molecule has 2 aromatic rings. The van der Waals surface area contributed by atoms with Crippen molar-refractivity contribution in [3.05, 3.63) is 82.9 Å². The average Bonchev–Trinajstić information content (AvgIpc) is 2.82. The molecule has 0 saturated heterocycles. The van der Waals surface area contributed by atoms with Crippen molar-refractivity contribution in [3.8, 4) is 0 Å². The zero-order valence-corrected chi connectivity index (χ0v) is 14.9. The topological polar surface area (TPSA) is 0 Å². The van der Waals surface area contributed by atoms with Gasteiger partial charge in [-0.2, -0.15) is 0 Å². The molecule has 23 heavy (non-hydrogen) atoms. The monoisotopic (exact) mass is 302 g/mol. The summed E-state index contributed by atoms with van der Waals surface area (Å²) >= 11 is 0. The molecule has 0 heterocycles. The maximum atomic E-state index is 2.35. The number of fused-ring (bicyclic) bond motifs is 1. The molecule has 0 aliphatic heterocycles. The molecule has 1 atom stereocenters. The average molecular weight is 302 g/mol. The van der Waals surface area contributed by atoms with Crippen molar-refractivity contribution in [2.24, 2.45) is 5.41 Å². The van der Waals surface area contributed by atoms with Crippen LogP contribution in [0.2, 0.25) is 0 Å². The van der Waals surface area contributed by atoms with E-state index < -0.39 is 0 Å². The zero-order chi connectivity index (χ0) is 16.6. The quantitative estimate of drug-likeness (QED) is 0.578. The summed E-state index contributed by atoms with van der Waals surface area (Å²) in [5, 5.41) is 0. The van der Waals surface area contributed by atoms with E-state index >= 15 is 0 Å². The van der Waals surface area contributed by atoms with Crippen LogP contribution in [0.3, 0.4) is 0 Å². The van der Waals surface area contributed by atoms with Gasteiger partial charge in [0.15, 0.2) is 0 Å². The van der Waals surface area contributed by atoms with E-state index in [-0.39, 0.29) is 5.41 Å². The molecule has 0 heteroatoms. The number of benzene rings is 2. The van der Waals surface area contributed by atoms with Gasteiger partial charge in [0, 0.05) is 5.92 Å². The van der Waals surface area contributed by atoms with Gasteiger partial charge < -0.3 is 0 Å². The van der Waals surface area contributed by atoms with Gasteiger partial charge in [0.25, 0.3) is 0 Å². The largest absolute Gasteiger partial charge is 0.0758 e. The third-order valence-corrected chi connectivity index (χ3v) is 4.52. The summed E-state index contributed by atoms with van der Waals surface area (Å²) < 4.78 is 0. The highest BCUT2D eigenvalue weighted by Crippen LogP contribution is 2.54. The van der Waals surface area contributed by atoms with Crippen molar-refractivity contribution in [2.45, 2.75) is 40.5 Å². The van der Waals surface area contributed by atoms with Crippen LogP contribution in [0.1, 0.15) is 57.2 Å². The summed E-state index contributed by atoms with van der Waals surface area (Å²) in [5.74, 6) is 0.423. The summed E-state index contributed by atoms with van der Waals surface area (Å²) in [6.07, 6.45) is 2.35. The number of hydrogen-bond acceptors (Lipinski definition) is 0. The molecule has 0 spiro atoms. The third-order valence-electron chi connectivity index (χ3n) is 4.52. The maximum Gasteiger partial charge on any atom is 0.0156 e. The first kappa shape index (κ1) is 15.8. The maximum absolute atomic E-state index is 2.35. The molecule has 3 rings (SSSR count). The van der Waals surface area contributed by atoms with Crippen LogP contribution in [0.15, 0.2) is 66.2 Å². The van der Waals surface area contributed by atoms with Crippen LogP contribution < -0.4 is 0 Å². The standard InChI is InChI=1S/C23H26/c1-16(2)15-20-18-13-9-10-14-19(18)22(23(3,4)5)21(20)17-11-7-6-8-12-17/h6-15,22H,1-5H3. The second-order valence-corrected chi connectivity index (χ2v) is 7.80. The normalized spacial score (nSPS) is 17.2. The lowest BCUT2D eigenvalue weighted by molar-refractivity contribution is 0.377. The van der Waals surface area contributed by atoms with Crippen molar-refractivity contribution in [1.82, 2.24) is 0 Å². The Labute approximate surface area is 140 Å². The van der Waals surface area contributed by atoms with Crippen LogP contribution >= 0.6 is 0 Å². The van der Waals surface area contributed by atoms with Crippen LogP contribution in [0.25, 0.3) is 11.1 Å². The first-order valence-corrected chi connectivity index (χ1v) is 8.43. The van der Waals surface area contributed by atoms with Gasteiger partial charge in [-0.3, -0.25) is 0 Å². The molecule has 118 valence electrons. The van der Waals surface area contributed by atoms with Gasteiger partial charge in [-0.25, -0.2) is 0 Å². The summed E-state index contributed by atoms with van der Waals surface area (Å²) in [6.45, 7) is 11.4. The molecule has 2 aromatic carbocycles. The molecule has 1 unspecified atom stereocenters. The van der Waals surface area contributed by atoms with E-state index in [9.17, 15) is 0 Å². The molecule has 0 nitrogen and oxygen atoms in total. The van der Waals surface area contributed by atoms with Crippen LogP contribution in [-0.4, -0.2) is 0 Å². The lowest BCUT2D eigenvalue weighted by atomic mass is 9.72. The summed E-state index contributed by atoms with van der Waals surface area (Å²) in [6, 6.07) is 19.8. The van der Waals surface area contributed by atoms with Gasteiger partial charge in [0.05, 0.1) is 0 Å². The molecule has 0 saturated carbocycles. The fourth-order valence-corrected chi connectivity index (χ4v) is 3.73. The Bertz CT molecular complexity index is 763. The van der Waals surface area contributed by atoms with E-state index in [1.54, 1.807) is 0 Å². The predicted octanol–water partition coefficient (Wildman–Crippen LogP) is 6.71. The van der Waals surface area contributed by atoms with Gasteiger partial charge >= 0.3 is 0 Å². The van der Waals surface area contributed by atoms with E-state index in [1.165, 1.54) is 33.4 Å². The smallest absolute Gasteiger partial charge is 0.0156 e. The van der Waals surface area contributed by atoms with Crippen LogP contribution in [0.4, 0.5) is 0 Å². The SMILES string of the molecule is CC(C)=CC1=C(c2ccccc2)C(C(C)(C)C)c2ccccc21. The van der Waals surface area contributed by atoms with Gasteiger partial charge in [-0.1, -0.05) is 87.0 Å². The van der Waals surface area contributed by atoms with Gasteiger partial charge in [0.2, 0.25) is 0 Å². The Hall–Kier alpha value is -2.08. The van der Waals surface area contributed by atoms with Crippen LogP contribution in [0.5, 0.6) is 0 Å². The minimum absolute atomic E-state index is 0.179. The molecule has 0 radical (unpaired) electrons. The lowest BCUT2D eigenvalue weighted by Gasteiger charge is -2.31. The van der Waals surface area contributed by atoms with E-state index in [0.717, 1.165) is 0 Å². The van der Waals surface area contributed by atoms with Gasteiger partial charge in [-0.05, 0) is 47.1 Å². The van der Waals surface area contributed by atoms with Gasteiger partial charge in [-0.15, -0.1) is 0 Å². The molecule has 1 aliphatic carbocycles. The second kappa shape index (κ2) is 5.85. The van der Waals surface area contributed by atoms with Crippen molar-refractivity contribution in [2.75, 3.05) is 0 Å². The molecule has 0 bridgehead atoms. The number of rotatable bonds is 2. The number of allylic oxidation sites excluding steroid dienone is 4. The number of hydrogen-bond donors (Lipinski definition) is 0. The van der Waals surface area contributed by atoms with E-state index in [1.807, 2.05) is 0 Å². The third kappa shape index (κ3) is 2.91. The van der Waals surface area contributed by atoms with Crippen molar-refractivity contribution >= 4 is 11.1 Å². The highest BCUT2D eigenvalue weighted by Gasteiger charge is 2.38. The summed E-state index contributed by atoms with van der Waals surface area (Å²) in [4.78, 5) is 0. The van der Waals surface area contributed by atoms with E-state index in [2.05, 4.69) is 95.3 Å². The summed E-state index contributed by atoms with van der Waals surface area (Å²) in [5.41, 5.74) is 8.60. The molecule has 1 aliphatic rings. The fraction of sp³-hybridized carbons (Fsp3) is 0.304. The second-order valence-electron chi connectivity index (χ2n) is 7.80. The Morgan fingerprint density at radius 1 is 0.870 bits per heavy atom. The molecular weight excluding hydrogens is 276 g/mol. The lowest BCUT2D eigenvalue weighted by Crippen LogP contribution is -2.18. The van der Waals surface area contributed by atoms with Crippen molar-refractivity contribution < 1.29 is 0 Å². The summed E-state index contributed by atoms with van der Waals surface area (Å²) in [7, 11) is 0. The van der Waals surface area contributed by atoms with Gasteiger partial charge in [0.1, 0.15) is 0 Å². The predicted molar refractivity (Wildman–Crippen MR) is 101 cm³/mol. The minimum Gasteiger partial charge on any atom is -0.0758 e. The Balaban J connectivity index is 2.34. The van der Waals surface area contributed by atoms with E-state index in [4.69, 9.17) is 0 Å². The first-order chi connectivity index (χ1) is 10.9. The van der Waals surface area contributed by atoms with Crippen LogP contribution in [-0.2, 0) is 0 Å². The fourth-order valence-electron chi connectivity index (χ4n) is 3.73. The molecule has 0 fully saturated rings. The molecule has 0 aromatic heterocycles. The van der Waals surface area contributed by atoms with Crippen molar-refractivity contribution in [1.29, 1.82) is 0 Å². The highest BCUT2D eigenvalue weighted by atomic mass is 14.4.